The van der Waals surface area contributed by atoms with Crippen LogP contribution in [0.15, 0.2) is 18.2 Å². The van der Waals surface area contributed by atoms with E-state index in [2.05, 4.69) is 0 Å². The first kappa shape index (κ1) is 14.0. The number of hydrogen-bond donors (Lipinski definition) is 0. The molecule has 0 amide bonds. The molecule has 5 heteroatoms. The molecule has 0 bridgehead atoms. The number of ketones is 2. The molecule has 0 unspecified atom stereocenters. The fourth-order valence-corrected chi connectivity index (χ4v) is 1.70. The maximum atomic E-state index is 11.7. The van der Waals surface area contributed by atoms with Crippen LogP contribution in [0.25, 0.3) is 0 Å². The van der Waals surface area contributed by atoms with Crippen molar-refractivity contribution in [3.63, 3.8) is 0 Å². The molecule has 0 heterocycles. The van der Waals surface area contributed by atoms with Crippen molar-refractivity contribution in [1.29, 1.82) is 0 Å². The second kappa shape index (κ2) is 6.05. The monoisotopic (exact) mass is 249 g/mol. The quantitative estimate of drug-likeness (QED) is 0.441. The van der Waals surface area contributed by atoms with Crippen molar-refractivity contribution < 1.29 is 14.5 Å². The Balaban J connectivity index is 3.14. The molecular weight excluding hydrogens is 234 g/mol. The number of carbonyl (C=O) groups is 2. The summed E-state index contributed by atoms with van der Waals surface area (Å²) in [4.78, 5) is 33.0. The van der Waals surface area contributed by atoms with Gasteiger partial charge in [-0.3, -0.25) is 19.7 Å². The Morgan fingerprint density at radius 2 is 2.00 bits per heavy atom. The molecule has 0 spiro atoms. The van der Waals surface area contributed by atoms with Crippen LogP contribution in [0.2, 0.25) is 0 Å². The van der Waals surface area contributed by atoms with Crippen LogP contribution >= 0.6 is 0 Å². The van der Waals surface area contributed by atoms with E-state index in [1.165, 1.54) is 19.1 Å². The lowest BCUT2D eigenvalue weighted by molar-refractivity contribution is -0.385. The van der Waals surface area contributed by atoms with E-state index in [9.17, 15) is 19.7 Å². The highest BCUT2D eigenvalue weighted by atomic mass is 16.6. The summed E-state index contributed by atoms with van der Waals surface area (Å²) in [6.45, 7) is 3.25. The van der Waals surface area contributed by atoms with Gasteiger partial charge >= 0.3 is 0 Å². The number of Topliss-reactive ketones (excluding diaryl/α,β-unsaturated/α-hetero) is 2. The molecular formula is C13H15NO4. The van der Waals surface area contributed by atoms with Crippen molar-refractivity contribution in [1.82, 2.24) is 0 Å². The zero-order valence-electron chi connectivity index (χ0n) is 10.4. The lowest BCUT2D eigenvalue weighted by Crippen LogP contribution is -2.05. The highest BCUT2D eigenvalue weighted by molar-refractivity contribution is 5.97. The smallest absolute Gasteiger partial charge is 0.273 e. The molecule has 96 valence electrons. The lowest BCUT2D eigenvalue weighted by atomic mass is 10.0. The summed E-state index contributed by atoms with van der Waals surface area (Å²) in [5.74, 6) is -0.263. The van der Waals surface area contributed by atoms with E-state index in [0.29, 0.717) is 24.0 Å². The van der Waals surface area contributed by atoms with E-state index < -0.39 is 4.92 Å². The molecule has 1 rings (SSSR count). The molecule has 0 aliphatic carbocycles. The molecule has 0 saturated carbocycles. The van der Waals surface area contributed by atoms with Crippen LogP contribution in [0.3, 0.4) is 0 Å². The third-order valence-electron chi connectivity index (χ3n) is 2.52. The van der Waals surface area contributed by atoms with Gasteiger partial charge in [0.15, 0.2) is 5.78 Å². The first-order chi connectivity index (χ1) is 8.45. The van der Waals surface area contributed by atoms with Gasteiger partial charge in [0, 0.05) is 30.0 Å². The van der Waals surface area contributed by atoms with Gasteiger partial charge in [-0.05, 0) is 13.3 Å². The number of rotatable bonds is 6. The summed E-state index contributed by atoms with van der Waals surface area (Å²) in [5.41, 5.74) is 0.517. The molecule has 0 aliphatic heterocycles. The van der Waals surface area contributed by atoms with Crippen molar-refractivity contribution in [2.24, 2.45) is 0 Å². The van der Waals surface area contributed by atoms with Gasteiger partial charge in [-0.15, -0.1) is 0 Å². The molecule has 0 radical (unpaired) electrons. The highest BCUT2D eigenvalue weighted by Crippen LogP contribution is 2.22. The van der Waals surface area contributed by atoms with Crippen molar-refractivity contribution in [3.05, 3.63) is 39.4 Å². The van der Waals surface area contributed by atoms with E-state index >= 15 is 0 Å². The van der Waals surface area contributed by atoms with Crippen LogP contribution in [-0.2, 0) is 11.2 Å². The van der Waals surface area contributed by atoms with Crippen molar-refractivity contribution >= 4 is 17.3 Å². The second-order valence-corrected chi connectivity index (χ2v) is 4.15. The van der Waals surface area contributed by atoms with Gasteiger partial charge in [-0.25, -0.2) is 0 Å². The number of hydrogen-bond acceptors (Lipinski definition) is 4. The van der Waals surface area contributed by atoms with E-state index in [4.69, 9.17) is 0 Å². The largest absolute Gasteiger partial charge is 0.300 e. The zero-order valence-corrected chi connectivity index (χ0v) is 10.4. The summed E-state index contributed by atoms with van der Waals surface area (Å²) in [6.07, 6.45) is 1.07. The Bertz CT molecular complexity index is 494. The summed E-state index contributed by atoms with van der Waals surface area (Å²) in [6, 6.07) is 4.29. The van der Waals surface area contributed by atoms with Crippen LogP contribution in [-0.4, -0.2) is 16.5 Å². The topological polar surface area (TPSA) is 77.3 Å². The third kappa shape index (κ3) is 3.48. The minimum atomic E-state index is -0.555. The Morgan fingerprint density at radius 3 is 2.50 bits per heavy atom. The highest BCUT2D eigenvalue weighted by Gasteiger charge is 2.17. The molecule has 0 fully saturated rings. The molecule has 1 aromatic carbocycles. The Morgan fingerprint density at radius 1 is 1.33 bits per heavy atom. The number of benzene rings is 1. The van der Waals surface area contributed by atoms with Crippen molar-refractivity contribution in [2.45, 2.75) is 33.1 Å². The lowest BCUT2D eigenvalue weighted by Gasteiger charge is -2.04. The number of carbonyl (C=O) groups excluding carboxylic acids is 2. The zero-order chi connectivity index (χ0) is 13.7. The van der Waals surface area contributed by atoms with Crippen LogP contribution in [0.5, 0.6) is 0 Å². The third-order valence-corrected chi connectivity index (χ3v) is 2.52. The van der Waals surface area contributed by atoms with E-state index in [-0.39, 0.29) is 23.7 Å². The summed E-state index contributed by atoms with van der Waals surface area (Å²) in [7, 11) is 0. The molecule has 0 N–H and O–H groups in total. The van der Waals surface area contributed by atoms with Gasteiger partial charge in [0.25, 0.3) is 5.69 Å². The summed E-state index contributed by atoms with van der Waals surface area (Å²) in [5, 5.41) is 10.9. The molecule has 0 aliphatic rings. The maximum absolute atomic E-state index is 11.7. The van der Waals surface area contributed by atoms with Crippen LogP contribution in [0.4, 0.5) is 5.69 Å². The van der Waals surface area contributed by atoms with Gasteiger partial charge < -0.3 is 0 Å². The van der Waals surface area contributed by atoms with Crippen LogP contribution in [0.1, 0.15) is 42.6 Å². The van der Waals surface area contributed by atoms with Gasteiger partial charge in [0.1, 0.15) is 5.78 Å². The standard InChI is InChI=1S/C13H15NO4/c1-3-4-13(16)11-6-5-10(7-9(2)15)12(8-11)14(17)18/h5-6,8H,3-4,7H2,1-2H3. The molecule has 5 nitrogen and oxygen atoms in total. The molecule has 0 saturated heterocycles. The second-order valence-electron chi connectivity index (χ2n) is 4.15. The van der Waals surface area contributed by atoms with E-state index in [1.54, 1.807) is 6.07 Å². The Hall–Kier alpha value is -2.04. The number of nitro groups is 1. The minimum absolute atomic E-state index is 0.0125. The first-order valence-corrected chi connectivity index (χ1v) is 5.75. The summed E-state index contributed by atoms with van der Waals surface area (Å²) < 4.78 is 0. The normalized spacial score (nSPS) is 10.1. The Labute approximate surface area is 105 Å². The maximum Gasteiger partial charge on any atom is 0.273 e. The fraction of sp³-hybridized carbons (Fsp3) is 0.385. The van der Waals surface area contributed by atoms with Crippen LogP contribution in [0, 0.1) is 10.1 Å². The van der Waals surface area contributed by atoms with Gasteiger partial charge in [-0.2, -0.15) is 0 Å². The van der Waals surface area contributed by atoms with Gasteiger partial charge in [0.05, 0.1) is 4.92 Å². The average molecular weight is 249 g/mol. The minimum Gasteiger partial charge on any atom is -0.300 e. The average Bonchev–Trinajstić information content (AvgIpc) is 2.28. The van der Waals surface area contributed by atoms with Crippen molar-refractivity contribution in [2.75, 3.05) is 0 Å². The van der Waals surface area contributed by atoms with Crippen LogP contribution < -0.4 is 0 Å². The predicted octanol–water partition coefficient (Wildman–Crippen LogP) is 2.71. The number of nitrogens with zero attached hydrogens (tertiary/aromatic N) is 1. The predicted molar refractivity (Wildman–Crippen MR) is 66.7 cm³/mol. The summed E-state index contributed by atoms with van der Waals surface area (Å²) >= 11 is 0. The number of nitro benzene ring substituents is 1. The Kier molecular flexibility index (Phi) is 4.71. The first-order valence-electron chi connectivity index (χ1n) is 5.75. The molecule has 18 heavy (non-hydrogen) atoms. The fourth-order valence-electron chi connectivity index (χ4n) is 1.70. The van der Waals surface area contributed by atoms with Gasteiger partial charge in [-0.1, -0.05) is 19.1 Å². The van der Waals surface area contributed by atoms with E-state index in [0.717, 1.165) is 0 Å². The van der Waals surface area contributed by atoms with E-state index in [1.807, 2.05) is 6.92 Å². The SMILES string of the molecule is CCCC(=O)c1ccc(CC(C)=O)c([N+](=O)[O-])c1. The van der Waals surface area contributed by atoms with Gasteiger partial charge in [0.2, 0.25) is 0 Å². The van der Waals surface area contributed by atoms with Crippen molar-refractivity contribution in [3.8, 4) is 0 Å². The molecule has 1 aromatic rings. The molecule has 0 aromatic heterocycles. The molecule has 0 atom stereocenters.